The normalized spacial score (nSPS) is 25.2. The van der Waals surface area contributed by atoms with E-state index in [0.717, 1.165) is 12.8 Å². The maximum absolute atomic E-state index is 11.3. The lowest BCUT2D eigenvalue weighted by atomic mass is 9.94. The van der Waals surface area contributed by atoms with Crippen molar-refractivity contribution in [1.29, 1.82) is 0 Å². The minimum absolute atomic E-state index is 0.127. The van der Waals surface area contributed by atoms with Gasteiger partial charge in [0.15, 0.2) is 0 Å². The monoisotopic (exact) mass is 292 g/mol. The van der Waals surface area contributed by atoms with Crippen LogP contribution in [-0.4, -0.2) is 23.8 Å². The number of epoxide rings is 1. The molecule has 1 aromatic heterocycles. The molecule has 116 valence electrons. The summed E-state index contributed by atoms with van der Waals surface area (Å²) in [5, 5.41) is 0. The molecule has 1 aromatic rings. The van der Waals surface area contributed by atoms with Gasteiger partial charge in [-0.15, -0.1) is 0 Å². The van der Waals surface area contributed by atoms with E-state index in [2.05, 4.69) is 6.08 Å². The Balaban J connectivity index is 1.92. The second-order valence-electron chi connectivity index (χ2n) is 6.08. The van der Waals surface area contributed by atoms with Gasteiger partial charge in [0.05, 0.1) is 18.6 Å². The van der Waals surface area contributed by atoms with E-state index in [1.165, 1.54) is 18.1 Å². The summed E-state index contributed by atoms with van der Waals surface area (Å²) in [7, 11) is 0. The van der Waals surface area contributed by atoms with Crippen molar-refractivity contribution >= 4 is 5.97 Å². The average molecular weight is 292 g/mol. The zero-order valence-electron chi connectivity index (χ0n) is 13.2. The fourth-order valence-electron chi connectivity index (χ4n) is 2.58. The summed E-state index contributed by atoms with van der Waals surface area (Å²) in [5.41, 5.74) is 2.01. The van der Waals surface area contributed by atoms with E-state index in [-0.39, 0.29) is 23.8 Å². The Morgan fingerprint density at radius 3 is 2.81 bits per heavy atom. The van der Waals surface area contributed by atoms with E-state index in [1.54, 1.807) is 12.5 Å². The fraction of sp³-hybridized carbons (Fsp3) is 0.588. The highest BCUT2D eigenvalue weighted by Crippen LogP contribution is 2.44. The van der Waals surface area contributed by atoms with Gasteiger partial charge in [-0.3, -0.25) is 4.79 Å². The zero-order chi connectivity index (χ0) is 15.5. The topological polar surface area (TPSA) is 52.0 Å². The molecule has 4 nitrogen and oxygen atoms in total. The first-order chi connectivity index (χ1) is 9.91. The van der Waals surface area contributed by atoms with Gasteiger partial charge in [0, 0.05) is 13.3 Å². The number of aryl methyl sites for hydroxylation is 1. The van der Waals surface area contributed by atoms with Crippen LogP contribution in [0.3, 0.4) is 0 Å². The fourth-order valence-corrected chi connectivity index (χ4v) is 2.58. The molecule has 2 heterocycles. The van der Waals surface area contributed by atoms with Crippen molar-refractivity contribution in [1.82, 2.24) is 0 Å². The number of rotatable bonds is 7. The van der Waals surface area contributed by atoms with Gasteiger partial charge in [0.25, 0.3) is 0 Å². The first-order valence-corrected chi connectivity index (χ1v) is 7.41. The number of esters is 1. The summed E-state index contributed by atoms with van der Waals surface area (Å²) in [5.74, 6) is -0.257. The summed E-state index contributed by atoms with van der Waals surface area (Å²) in [6.07, 6.45) is 7.94. The Morgan fingerprint density at radius 1 is 1.48 bits per heavy atom. The predicted octanol–water partition coefficient (Wildman–Crippen LogP) is 3.66. The third kappa shape index (κ3) is 4.21. The number of allylic oxidation sites excluding steroid dienone is 1. The van der Waals surface area contributed by atoms with Crippen LogP contribution in [0.5, 0.6) is 0 Å². The van der Waals surface area contributed by atoms with E-state index in [1.807, 2.05) is 26.8 Å². The lowest BCUT2D eigenvalue weighted by Crippen LogP contribution is -2.33. The highest BCUT2D eigenvalue weighted by atomic mass is 16.6. The van der Waals surface area contributed by atoms with Gasteiger partial charge in [0.1, 0.15) is 11.7 Å². The molecule has 0 spiro atoms. The molecule has 0 aliphatic carbocycles. The van der Waals surface area contributed by atoms with Gasteiger partial charge in [-0.05, 0) is 45.2 Å². The van der Waals surface area contributed by atoms with Gasteiger partial charge < -0.3 is 13.9 Å². The molecule has 4 heteroatoms. The van der Waals surface area contributed by atoms with Gasteiger partial charge >= 0.3 is 5.97 Å². The maximum Gasteiger partial charge on any atom is 0.303 e. The molecular formula is C17H24O4. The summed E-state index contributed by atoms with van der Waals surface area (Å²) in [4.78, 5) is 11.3. The van der Waals surface area contributed by atoms with Gasteiger partial charge in [-0.1, -0.05) is 11.6 Å². The lowest BCUT2D eigenvalue weighted by molar-refractivity contribution is -0.149. The molecule has 1 aliphatic rings. The zero-order valence-corrected chi connectivity index (χ0v) is 13.2. The molecular weight excluding hydrogens is 268 g/mol. The van der Waals surface area contributed by atoms with Crippen LogP contribution in [0, 0.1) is 0 Å². The van der Waals surface area contributed by atoms with Gasteiger partial charge in [-0.2, -0.15) is 0 Å². The van der Waals surface area contributed by atoms with Crippen molar-refractivity contribution < 1.29 is 18.7 Å². The van der Waals surface area contributed by atoms with E-state index in [4.69, 9.17) is 13.9 Å². The van der Waals surface area contributed by atoms with E-state index >= 15 is 0 Å². The predicted molar refractivity (Wildman–Crippen MR) is 79.9 cm³/mol. The lowest BCUT2D eigenvalue weighted by Gasteiger charge is -2.20. The second kappa shape index (κ2) is 6.48. The summed E-state index contributed by atoms with van der Waals surface area (Å²) in [6, 6.07) is 1.96. The number of carbonyl (C=O) groups excluding carboxylic acids is 1. The molecule has 1 fully saturated rings. The van der Waals surface area contributed by atoms with Crippen LogP contribution in [0.1, 0.15) is 46.1 Å². The standard InChI is InChI=1S/C17H24O4/c1-12(2)5-7-15(20-13(3)18)17(4)16(21-17)8-6-14-9-10-19-11-14/h5,9-11,15-16H,6-8H2,1-4H3/t15-,16+,17+/m1/s1. The molecule has 0 unspecified atom stereocenters. The Kier molecular flexibility index (Phi) is 4.88. The SMILES string of the molecule is CC(=O)O[C@H](CC=C(C)C)[C@]1(C)O[C@H]1CCc1ccoc1. The van der Waals surface area contributed by atoms with Crippen molar-refractivity contribution in [2.75, 3.05) is 0 Å². The highest BCUT2D eigenvalue weighted by molar-refractivity contribution is 5.66. The third-order valence-corrected chi connectivity index (χ3v) is 3.94. The van der Waals surface area contributed by atoms with E-state index < -0.39 is 0 Å². The number of hydrogen-bond donors (Lipinski definition) is 0. The first kappa shape index (κ1) is 15.8. The number of furan rings is 1. The molecule has 3 atom stereocenters. The Morgan fingerprint density at radius 2 is 2.24 bits per heavy atom. The summed E-state index contributed by atoms with van der Waals surface area (Å²) < 4.78 is 16.4. The van der Waals surface area contributed by atoms with Gasteiger partial charge in [0.2, 0.25) is 0 Å². The second-order valence-corrected chi connectivity index (χ2v) is 6.08. The molecule has 0 radical (unpaired) electrons. The van der Waals surface area contributed by atoms with Crippen molar-refractivity contribution in [3.63, 3.8) is 0 Å². The minimum atomic E-state index is -0.374. The molecule has 0 bridgehead atoms. The first-order valence-electron chi connectivity index (χ1n) is 7.41. The number of hydrogen-bond acceptors (Lipinski definition) is 4. The van der Waals surface area contributed by atoms with Crippen LogP contribution < -0.4 is 0 Å². The largest absolute Gasteiger partial charge is 0.472 e. The maximum atomic E-state index is 11.3. The Bertz CT molecular complexity index is 499. The van der Waals surface area contributed by atoms with Crippen LogP contribution in [0.2, 0.25) is 0 Å². The molecule has 0 N–H and O–H groups in total. The molecule has 1 aliphatic heterocycles. The Labute approximate surface area is 126 Å². The number of ether oxygens (including phenoxy) is 2. The molecule has 21 heavy (non-hydrogen) atoms. The molecule has 0 amide bonds. The van der Waals surface area contributed by atoms with E-state index in [9.17, 15) is 4.79 Å². The van der Waals surface area contributed by atoms with E-state index in [0.29, 0.717) is 6.42 Å². The van der Waals surface area contributed by atoms with Crippen LogP contribution in [-0.2, 0) is 20.7 Å². The number of carbonyl (C=O) groups is 1. The van der Waals surface area contributed by atoms with Crippen molar-refractivity contribution in [3.05, 3.63) is 35.8 Å². The van der Waals surface area contributed by atoms with Crippen LogP contribution >= 0.6 is 0 Å². The van der Waals surface area contributed by atoms with Crippen molar-refractivity contribution in [3.8, 4) is 0 Å². The van der Waals surface area contributed by atoms with Gasteiger partial charge in [-0.25, -0.2) is 0 Å². The van der Waals surface area contributed by atoms with Crippen LogP contribution in [0.25, 0.3) is 0 Å². The van der Waals surface area contributed by atoms with Crippen molar-refractivity contribution in [2.24, 2.45) is 0 Å². The summed E-state index contributed by atoms with van der Waals surface area (Å²) in [6.45, 7) is 7.55. The smallest absolute Gasteiger partial charge is 0.303 e. The highest BCUT2D eigenvalue weighted by Gasteiger charge is 2.58. The third-order valence-electron chi connectivity index (χ3n) is 3.94. The molecule has 1 saturated heterocycles. The molecule has 0 aromatic carbocycles. The average Bonchev–Trinajstić information content (AvgIpc) is 2.85. The molecule has 2 rings (SSSR count). The van der Waals surface area contributed by atoms with Crippen LogP contribution in [0.4, 0.5) is 0 Å². The molecule has 0 saturated carbocycles. The Hall–Kier alpha value is -1.55. The minimum Gasteiger partial charge on any atom is -0.472 e. The van der Waals surface area contributed by atoms with Crippen LogP contribution in [0.15, 0.2) is 34.7 Å². The van der Waals surface area contributed by atoms with Crippen molar-refractivity contribution in [2.45, 2.75) is 64.8 Å². The summed E-state index contributed by atoms with van der Waals surface area (Å²) >= 11 is 0. The quantitative estimate of drug-likeness (QED) is 0.437.